The maximum absolute atomic E-state index is 10.8. The Hall–Kier alpha value is -0.210. The summed E-state index contributed by atoms with van der Waals surface area (Å²) in [5.74, 6) is 0. The first kappa shape index (κ1) is 27.8. The van der Waals surface area contributed by atoms with Crippen LogP contribution >= 0.6 is 0 Å². The van der Waals surface area contributed by atoms with Crippen LogP contribution in [-0.4, -0.2) is 42.0 Å². The Bertz CT molecular complexity index is 427. The third kappa shape index (κ3) is 19.1. The summed E-state index contributed by atoms with van der Waals surface area (Å²) >= 11 is 0. The molecule has 0 saturated carbocycles. The van der Waals surface area contributed by atoms with E-state index in [1.165, 1.54) is 77.0 Å². The van der Waals surface area contributed by atoms with E-state index >= 15 is 0 Å². The van der Waals surface area contributed by atoms with Crippen molar-refractivity contribution in [1.29, 1.82) is 0 Å². The van der Waals surface area contributed by atoms with Crippen molar-refractivity contribution in [2.45, 2.75) is 128 Å². The lowest BCUT2D eigenvalue weighted by Gasteiger charge is -2.19. The molecule has 0 rings (SSSR count). The van der Waals surface area contributed by atoms with Gasteiger partial charge in [-0.25, -0.2) is 4.18 Å². The number of hydrogen-bond donors (Lipinski definition) is 3. The molecular weight excluding hydrogens is 380 g/mol. The van der Waals surface area contributed by atoms with Crippen molar-refractivity contribution in [3.05, 3.63) is 0 Å². The molecule has 0 fully saturated rings. The molecule has 0 saturated heterocycles. The van der Waals surface area contributed by atoms with Gasteiger partial charge in [0.2, 0.25) is 0 Å². The van der Waals surface area contributed by atoms with Gasteiger partial charge in [-0.15, -0.1) is 0 Å². The van der Waals surface area contributed by atoms with Gasteiger partial charge in [0.1, 0.15) is 12.2 Å². The topological polar surface area (TPSA) is 104 Å². The monoisotopic (exact) mass is 424 g/mol. The Morgan fingerprint density at radius 3 is 1.39 bits per heavy atom. The normalized spacial score (nSPS) is 14.3. The summed E-state index contributed by atoms with van der Waals surface area (Å²) in [6.07, 6.45) is 17.9. The molecule has 2 unspecified atom stereocenters. The molecule has 0 aliphatic carbocycles. The van der Waals surface area contributed by atoms with Gasteiger partial charge < -0.3 is 10.2 Å². The van der Waals surface area contributed by atoms with E-state index in [1.54, 1.807) is 0 Å². The summed E-state index contributed by atoms with van der Waals surface area (Å²) in [5.41, 5.74) is 0. The zero-order chi connectivity index (χ0) is 21.1. The first-order valence-electron chi connectivity index (χ1n) is 11.3. The number of unbranched alkanes of at least 4 members (excludes halogenated alkanes) is 15. The van der Waals surface area contributed by atoms with Crippen LogP contribution in [0.4, 0.5) is 0 Å². The molecule has 0 spiro atoms. The fraction of sp³-hybridized carbons (Fsp3) is 1.00. The minimum absolute atomic E-state index is 0.292. The highest BCUT2D eigenvalue weighted by atomic mass is 32.3. The molecule has 0 amide bonds. The fourth-order valence-corrected chi connectivity index (χ4v) is 4.01. The van der Waals surface area contributed by atoms with Crippen molar-refractivity contribution in [3.63, 3.8) is 0 Å². The Morgan fingerprint density at radius 2 is 1.07 bits per heavy atom. The Balaban J connectivity index is 3.44. The van der Waals surface area contributed by atoms with E-state index in [0.29, 0.717) is 12.8 Å². The maximum Gasteiger partial charge on any atom is 0.397 e. The molecule has 0 aromatic carbocycles. The van der Waals surface area contributed by atoms with E-state index in [1.807, 2.05) is 0 Å². The highest BCUT2D eigenvalue weighted by molar-refractivity contribution is 7.80. The van der Waals surface area contributed by atoms with E-state index in [9.17, 15) is 13.5 Å². The van der Waals surface area contributed by atoms with Gasteiger partial charge in [0.05, 0.1) is 6.61 Å². The standard InChI is InChI=1S/C21H44O6S/c1-2-3-4-5-6-7-8-9-10-11-12-13-14-15-16-17-18-21(20(23)19-22)27-28(24,25)26/h20-23H,2-19H2,1H3,(H,24,25,26). The first-order chi connectivity index (χ1) is 13.4. The van der Waals surface area contributed by atoms with Crippen LogP contribution in [0.5, 0.6) is 0 Å². The van der Waals surface area contributed by atoms with E-state index in [0.717, 1.165) is 19.3 Å². The van der Waals surface area contributed by atoms with E-state index in [2.05, 4.69) is 11.1 Å². The zero-order valence-electron chi connectivity index (χ0n) is 17.9. The number of rotatable bonds is 21. The quantitative estimate of drug-likeness (QED) is 0.173. The number of aliphatic hydroxyl groups excluding tert-OH is 2. The van der Waals surface area contributed by atoms with E-state index in [-0.39, 0.29) is 0 Å². The van der Waals surface area contributed by atoms with Gasteiger partial charge in [0, 0.05) is 0 Å². The molecule has 28 heavy (non-hydrogen) atoms. The third-order valence-corrected chi connectivity index (χ3v) is 5.69. The molecule has 3 N–H and O–H groups in total. The van der Waals surface area contributed by atoms with Crippen LogP contribution in [0.3, 0.4) is 0 Å². The van der Waals surface area contributed by atoms with Crippen LogP contribution in [0.2, 0.25) is 0 Å². The molecule has 0 aromatic rings. The van der Waals surface area contributed by atoms with Crippen LogP contribution in [-0.2, 0) is 14.6 Å². The summed E-state index contributed by atoms with van der Waals surface area (Å²) in [6, 6.07) is 0. The van der Waals surface area contributed by atoms with E-state index in [4.69, 9.17) is 9.66 Å². The average molecular weight is 425 g/mol. The lowest BCUT2D eigenvalue weighted by Crippen LogP contribution is -2.33. The molecule has 0 aliphatic heterocycles. The van der Waals surface area contributed by atoms with Gasteiger partial charge in [-0.3, -0.25) is 4.55 Å². The summed E-state index contributed by atoms with van der Waals surface area (Å²) in [6.45, 7) is 1.65. The number of aliphatic hydroxyl groups is 2. The second-order valence-electron chi connectivity index (χ2n) is 7.90. The highest BCUT2D eigenvalue weighted by Crippen LogP contribution is 2.16. The minimum Gasteiger partial charge on any atom is -0.394 e. The SMILES string of the molecule is CCCCCCCCCCCCCCCCCCC(OS(=O)(=O)O)C(O)CO. The first-order valence-corrected chi connectivity index (χ1v) is 12.7. The molecular formula is C21H44O6S. The lowest BCUT2D eigenvalue weighted by atomic mass is 10.0. The summed E-state index contributed by atoms with van der Waals surface area (Å²) in [4.78, 5) is 0. The molecule has 0 heterocycles. The average Bonchev–Trinajstić information content (AvgIpc) is 2.65. The smallest absolute Gasteiger partial charge is 0.394 e. The summed E-state index contributed by atoms with van der Waals surface area (Å²) < 4.78 is 34.7. The third-order valence-electron chi connectivity index (χ3n) is 5.20. The van der Waals surface area contributed by atoms with Gasteiger partial charge in [-0.05, 0) is 6.42 Å². The molecule has 0 aliphatic rings. The molecule has 2 atom stereocenters. The lowest BCUT2D eigenvalue weighted by molar-refractivity contribution is -0.00707. The van der Waals surface area contributed by atoms with Crippen molar-refractivity contribution >= 4 is 10.4 Å². The van der Waals surface area contributed by atoms with Crippen molar-refractivity contribution in [3.8, 4) is 0 Å². The van der Waals surface area contributed by atoms with E-state index < -0.39 is 29.2 Å². The molecule has 170 valence electrons. The largest absolute Gasteiger partial charge is 0.397 e. The van der Waals surface area contributed by atoms with Gasteiger partial charge in [-0.2, -0.15) is 8.42 Å². The van der Waals surface area contributed by atoms with Crippen LogP contribution in [0.1, 0.15) is 116 Å². The van der Waals surface area contributed by atoms with Crippen LogP contribution < -0.4 is 0 Å². The van der Waals surface area contributed by atoms with Crippen LogP contribution in [0, 0.1) is 0 Å². The van der Waals surface area contributed by atoms with Gasteiger partial charge in [0.25, 0.3) is 0 Å². The Labute approximate surface area is 173 Å². The van der Waals surface area contributed by atoms with Gasteiger partial charge >= 0.3 is 10.4 Å². The number of hydrogen-bond acceptors (Lipinski definition) is 5. The second-order valence-corrected chi connectivity index (χ2v) is 8.95. The van der Waals surface area contributed by atoms with Crippen LogP contribution in [0.15, 0.2) is 0 Å². The molecule has 6 nitrogen and oxygen atoms in total. The van der Waals surface area contributed by atoms with Crippen molar-refractivity contribution in [2.24, 2.45) is 0 Å². The molecule has 7 heteroatoms. The highest BCUT2D eigenvalue weighted by Gasteiger charge is 2.24. The Morgan fingerprint density at radius 1 is 0.714 bits per heavy atom. The predicted molar refractivity (Wildman–Crippen MR) is 114 cm³/mol. The zero-order valence-corrected chi connectivity index (χ0v) is 18.7. The van der Waals surface area contributed by atoms with Gasteiger partial charge in [0.15, 0.2) is 0 Å². The van der Waals surface area contributed by atoms with Crippen molar-refractivity contribution in [2.75, 3.05) is 6.61 Å². The summed E-state index contributed by atoms with van der Waals surface area (Å²) in [7, 11) is -4.62. The minimum atomic E-state index is -4.62. The fourth-order valence-electron chi connectivity index (χ4n) is 3.47. The molecule has 0 aromatic heterocycles. The predicted octanol–water partition coefficient (Wildman–Crippen LogP) is 5.18. The summed E-state index contributed by atoms with van der Waals surface area (Å²) in [5, 5.41) is 18.5. The van der Waals surface area contributed by atoms with Crippen molar-refractivity contribution in [1.82, 2.24) is 0 Å². The van der Waals surface area contributed by atoms with Crippen LogP contribution in [0.25, 0.3) is 0 Å². The van der Waals surface area contributed by atoms with Crippen molar-refractivity contribution < 1.29 is 27.4 Å². The molecule has 0 bridgehead atoms. The second kappa shape index (κ2) is 18.8. The Kier molecular flexibility index (Phi) is 18.7. The van der Waals surface area contributed by atoms with Gasteiger partial charge in [-0.1, -0.05) is 110 Å². The maximum atomic E-state index is 10.8. The molecule has 0 radical (unpaired) electrons.